The molecule has 27 heavy (non-hydrogen) atoms. The summed E-state index contributed by atoms with van der Waals surface area (Å²) >= 11 is 0. The van der Waals surface area contributed by atoms with Gasteiger partial charge in [-0.05, 0) is 55.9 Å². The molecule has 0 heterocycles. The van der Waals surface area contributed by atoms with Crippen molar-refractivity contribution in [3.8, 4) is 5.75 Å². The van der Waals surface area contributed by atoms with Gasteiger partial charge in [-0.1, -0.05) is 42.5 Å². The lowest BCUT2D eigenvalue weighted by molar-refractivity contribution is -0.132. The first-order chi connectivity index (χ1) is 13.1. The van der Waals surface area contributed by atoms with Crippen LogP contribution in [0.4, 0.5) is 0 Å². The van der Waals surface area contributed by atoms with Crippen molar-refractivity contribution in [1.82, 2.24) is 10.2 Å². The molecule has 144 valence electrons. The summed E-state index contributed by atoms with van der Waals surface area (Å²) in [6, 6.07) is 18.8. The van der Waals surface area contributed by atoms with Crippen molar-refractivity contribution in [2.45, 2.75) is 45.3 Å². The van der Waals surface area contributed by atoms with Gasteiger partial charge < -0.3 is 15.0 Å². The fourth-order valence-electron chi connectivity index (χ4n) is 3.44. The summed E-state index contributed by atoms with van der Waals surface area (Å²) in [4.78, 5) is 14.9. The Bertz CT molecular complexity index is 724. The molecule has 0 radical (unpaired) electrons. The van der Waals surface area contributed by atoms with Crippen LogP contribution in [0, 0.1) is 5.92 Å². The standard InChI is InChI=1S/C23H30N2O2/c1-17(2)25(16-18-7-5-4-6-8-18)22(26)15-24-23(19-9-10-19)20-11-13-21(27-3)14-12-20/h4-8,11-14,17,19,23-24H,9-10,15-16H2,1-3H3. The second-order valence-electron chi connectivity index (χ2n) is 7.57. The Hall–Kier alpha value is -2.33. The topological polar surface area (TPSA) is 41.6 Å². The van der Waals surface area contributed by atoms with Gasteiger partial charge in [0.2, 0.25) is 5.91 Å². The maximum absolute atomic E-state index is 12.9. The maximum atomic E-state index is 12.9. The highest BCUT2D eigenvalue weighted by atomic mass is 16.5. The molecule has 1 amide bonds. The molecule has 1 aliphatic rings. The summed E-state index contributed by atoms with van der Waals surface area (Å²) in [6.07, 6.45) is 2.44. The van der Waals surface area contributed by atoms with Crippen LogP contribution in [0.2, 0.25) is 0 Å². The number of ether oxygens (including phenoxy) is 1. The average Bonchev–Trinajstić information content (AvgIpc) is 3.52. The molecule has 3 rings (SSSR count). The van der Waals surface area contributed by atoms with Crippen molar-refractivity contribution in [2.24, 2.45) is 5.92 Å². The number of benzene rings is 2. The highest BCUT2D eigenvalue weighted by molar-refractivity contribution is 5.78. The van der Waals surface area contributed by atoms with E-state index >= 15 is 0 Å². The molecule has 0 aromatic heterocycles. The minimum atomic E-state index is 0.146. The van der Waals surface area contributed by atoms with Crippen LogP contribution in [0.3, 0.4) is 0 Å². The molecule has 4 nitrogen and oxygen atoms in total. The van der Waals surface area contributed by atoms with Gasteiger partial charge in [0.25, 0.3) is 0 Å². The summed E-state index contributed by atoms with van der Waals surface area (Å²) < 4.78 is 5.26. The Labute approximate surface area is 162 Å². The lowest BCUT2D eigenvalue weighted by Gasteiger charge is -2.28. The number of nitrogens with zero attached hydrogens (tertiary/aromatic N) is 1. The van der Waals surface area contributed by atoms with Gasteiger partial charge in [0.1, 0.15) is 5.75 Å². The van der Waals surface area contributed by atoms with Crippen molar-refractivity contribution in [1.29, 1.82) is 0 Å². The summed E-state index contributed by atoms with van der Waals surface area (Å²) in [7, 11) is 1.68. The number of hydrogen-bond acceptors (Lipinski definition) is 3. The first kappa shape index (κ1) is 19.4. The molecule has 2 aromatic carbocycles. The Morgan fingerprint density at radius 1 is 1.11 bits per heavy atom. The minimum Gasteiger partial charge on any atom is -0.497 e. The third kappa shape index (κ3) is 5.33. The van der Waals surface area contributed by atoms with Crippen molar-refractivity contribution >= 4 is 5.91 Å². The summed E-state index contributed by atoms with van der Waals surface area (Å²) in [6.45, 7) is 5.15. The van der Waals surface area contributed by atoms with Crippen molar-refractivity contribution in [2.75, 3.05) is 13.7 Å². The average molecular weight is 367 g/mol. The number of carbonyl (C=O) groups excluding carboxylic acids is 1. The number of carbonyl (C=O) groups is 1. The van der Waals surface area contributed by atoms with Crippen molar-refractivity contribution in [3.63, 3.8) is 0 Å². The fraction of sp³-hybridized carbons (Fsp3) is 0.435. The zero-order chi connectivity index (χ0) is 19.2. The molecule has 4 heteroatoms. The van der Waals surface area contributed by atoms with Crippen LogP contribution in [-0.4, -0.2) is 30.5 Å². The normalized spacial score (nSPS) is 14.8. The van der Waals surface area contributed by atoms with Gasteiger partial charge >= 0.3 is 0 Å². The summed E-state index contributed by atoms with van der Waals surface area (Å²) in [5.74, 6) is 1.62. The Morgan fingerprint density at radius 2 is 1.78 bits per heavy atom. The molecule has 0 aliphatic heterocycles. The van der Waals surface area contributed by atoms with Gasteiger partial charge in [0.05, 0.1) is 13.7 Å². The first-order valence-corrected chi connectivity index (χ1v) is 9.79. The van der Waals surface area contributed by atoms with Gasteiger partial charge in [-0.25, -0.2) is 0 Å². The molecule has 1 aliphatic carbocycles. The van der Waals surface area contributed by atoms with Crippen LogP contribution in [0.25, 0.3) is 0 Å². The Morgan fingerprint density at radius 3 is 2.33 bits per heavy atom. The van der Waals surface area contributed by atoms with Crippen LogP contribution in [0.5, 0.6) is 5.75 Å². The predicted octanol–water partition coefficient (Wildman–Crippen LogP) is 4.17. The van der Waals surface area contributed by atoms with Gasteiger partial charge in [0.15, 0.2) is 0 Å². The molecule has 1 fully saturated rings. The van der Waals surface area contributed by atoms with Gasteiger partial charge in [-0.3, -0.25) is 4.79 Å². The molecule has 1 unspecified atom stereocenters. The molecule has 0 spiro atoms. The highest BCUT2D eigenvalue weighted by Gasteiger charge is 2.32. The third-order valence-corrected chi connectivity index (χ3v) is 5.18. The van der Waals surface area contributed by atoms with Crippen LogP contribution in [0.1, 0.15) is 43.9 Å². The molecule has 1 atom stereocenters. The van der Waals surface area contributed by atoms with E-state index in [9.17, 15) is 4.79 Å². The van der Waals surface area contributed by atoms with Crippen LogP contribution in [0.15, 0.2) is 54.6 Å². The van der Waals surface area contributed by atoms with Gasteiger partial charge in [0, 0.05) is 18.6 Å². The van der Waals surface area contributed by atoms with E-state index in [-0.39, 0.29) is 18.0 Å². The Balaban J connectivity index is 1.63. The number of rotatable bonds is 9. The second kappa shape index (κ2) is 9.05. The minimum absolute atomic E-state index is 0.146. The summed E-state index contributed by atoms with van der Waals surface area (Å²) in [5, 5.41) is 3.52. The molecule has 1 N–H and O–H groups in total. The smallest absolute Gasteiger partial charge is 0.237 e. The zero-order valence-corrected chi connectivity index (χ0v) is 16.5. The molecule has 2 aromatic rings. The summed E-state index contributed by atoms with van der Waals surface area (Å²) in [5.41, 5.74) is 2.39. The first-order valence-electron chi connectivity index (χ1n) is 9.79. The zero-order valence-electron chi connectivity index (χ0n) is 16.5. The predicted molar refractivity (Wildman–Crippen MR) is 109 cm³/mol. The van der Waals surface area contributed by atoms with E-state index in [0.29, 0.717) is 19.0 Å². The number of hydrogen-bond donors (Lipinski definition) is 1. The van der Waals surface area contributed by atoms with E-state index in [1.54, 1.807) is 7.11 Å². The van der Waals surface area contributed by atoms with Crippen LogP contribution < -0.4 is 10.1 Å². The quantitative estimate of drug-likeness (QED) is 0.724. The molecular weight excluding hydrogens is 336 g/mol. The van der Waals surface area contributed by atoms with Crippen LogP contribution >= 0.6 is 0 Å². The SMILES string of the molecule is COc1ccc(C(NCC(=O)N(Cc2ccccc2)C(C)C)C2CC2)cc1. The molecule has 0 bridgehead atoms. The number of methoxy groups -OCH3 is 1. The van der Waals surface area contributed by atoms with E-state index in [1.807, 2.05) is 35.2 Å². The van der Waals surface area contributed by atoms with Gasteiger partial charge in [-0.2, -0.15) is 0 Å². The molecule has 1 saturated carbocycles. The third-order valence-electron chi connectivity index (χ3n) is 5.18. The fourth-order valence-corrected chi connectivity index (χ4v) is 3.44. The van der Waals surface area contributed by atoms with Crippen molar-refractivity contribution in [3.05, 3.63) is 65.7 Å². The van der Waals surface area contributed by atoms with E-state index in [0.717, 1.165) is 11.3 Å². The molecule has 0 saturated heterocycles. The van der Waals surface area contributed by atoms with E-state index in [4.69, 9.17) is 4.74 Å². The van der Waals surface area contributed by atoms with Crippen LogP contribution in [-0.2, 0) is 11.3 Å². The van der Waals surface area contributed by atoms with Gasteiger partial charge in [-0.15, -0.1) is 0 Å². The van der Waals surface area contributed by atoms with E-state index in [1.165, 1.54) is 18.4 Å². The second-order valence-corrected chi connectivity index (χ2v) is 7.57. The largest absolute Gasteiger partial charge is 0.497 e. The van der Waals surface area contributed by atoms with E-state index in [2.05, 4.69) is 43.4 Å². The van der Waals surface area contributed by atoms with Crippen molar-refractivity contribution < 1.29 is 9.53 Å². The van der Waals surface area contributed by atoms with E-state index < -0.39 is 0 Å². The monoisotopic (exact) mass is 366 g/mol. The Kier molecular flexibility index (Phi) is 6.51. The lowest BCUT2D eigenvalue weighted by atomic mass is 10.0. The number of amides is 1. The highest BCUT2D eigenvalue weighted by Crippen LogP contribution is 2.41. The molecular formula is C23H30N2O2. The lowest BCUT2D eigenvalue weighted by Crippen LogP contribution is -2.42. The maximum Gasteiger partial charge on any atom is 0.237 e. The number of nitrogens with one attached hydrogen (secondary N) is 1.